The Kier molecular flexibility index (Phi) is 11.1. The molecule has 1 rings (SSSR count). The molecular weight excluding hydrogens is 365 g/mol. The molecule has 0 saturated heterocycles. The summed E-state index contributed by atoms with van der Waals surface area (Å²) in [6.45, 7) is 7.05. The number of sulfonamides is 1. The molecule has 0 radical (unpaired) electrons. The number of hydrogen-bond donors (Lipinski definition) is 1. The predicted molar refractivity (Wildman–Crippen MR) is 79.6 cm³/mol. The van der Waals surface area contributed by atoms with Gasteiger partial charge in [0.05, 0.1) is 5.91 Å². The van der Waals surface area contributed by atoms with Crippen molar-refractivity contribution in [3.8, 4) is 0 Å². The number of amides is 1. The molecule has 0 heterocycles. The number of rotatable bonds is 3. The maximum Gasteiger partial charge on any atom is 3.00 e. The van der Waals surface area contributed by atoms with Crippen molar-refractivity contribution in [1.29, 1.82) is 0 Å². The average Bonchev–Trinajstić information content (AvgIpc) is 2.38. The number of hydrogen-bond acceptors (Lipinski definition) is 3. The summed E-state index contributed by atoms with van der Waals surface area (Å²) < 4.78 is 24.8. The third-order valence-electron chi connectivity index (χ3n) is 2.68. The van der Waals surface area contributed by atoms with Gasteiger partial charge in [0.25, 0.3) is 0 Å². The van der Waals surface area contributed by atoms with E-state index in [2.05, 4.69) is 10.8 Å². The number of nitrogens with one attached hydrogen (secondary N) is 2. The summed E-state index contributed by atoms with van der Waals surface area (Å²) in [6.07, 6.45) is 0. The van der Waals surface area contributed by atoms with Gasteiger partial charge in [-0.25, -0.2) is 13.1 Å². The number of aryl methyl sites for hydroxylation is 1. The molecule has 0 bridgehead atoms. The fraction of sp³-hybridized carbons (Fsp3) is 0.357. The van der Waals surface area contributed by atoms with E-state index in [0.29, 0.717) is 5.57 Å². The maximum absolute atomic E-state index is 11.3. The van der Waals surface area contributed by atoms with Gasteiger partial charge < -0.3 is 10.5 Å². The minimum atomic E-state index is -3.31. The molecule has 1 aromatic rings. The van der Waals surface area contributed by atoms with E-state index in [1.165, 1.54) is 13.1 Å². The summed E-state index contributed by atoms with van der Waals surface area (Å²) in [4.78, 5) is 10.5. The van der Waals surface area contributed by atoms with Crippen molar-refractivity contribution in [1.82, 2.24) is 4.72 Å². The quantitative estimate of drug-likeness (QED) is 0.641. The molecule has 5 nitrogen and oxygen atoms in total. The third kappa shape index (κ3) is 7.86. The summed E-state index contributed by atoms with van der Waals surface area (Å²) >= 11 is 0. The monoisotopic (exact) mass is 385 g/mol. The van der Waals surface area contributed by atoms with Crippen LogP contribution in [0, 0.1) is 13.0 Å². The van der Waals surface area contributed by atoms with Crippen LogP contribution in [-0.2, 0) is 47.5 Å². The molecule has 7 heteroatoms. The van der Waals surface area contributed by atoms with Crippen molar-refractivity contribution in [2.75, 3.05) is 7.05 Å². The van der Waals surface area contributed by atoms with Gasteiger partial charge in [-0.15, -0.1) is 5.56 Å². The molecule has 1 aromatic carbocycles. The second-order valence-electron chi connectivity index (χ2n) is 4.35. The van der Waals surface area contributed by atoms with Crippen molar-refractivity contribution in [3.63, 3.8) is 0 Å². The SMILES string of the molecule is CC(C)=C(C)C([NH-])=O.CNS(=O)(=O)c1c[c-]ccc1C.[Y+3]. The largest absolute Gasteiger partial charge is 3.00 e. The first-order valence-corrected chi connectivity index (χ1v) is 7.42. The molecule has 0 aliphatic carbocycles. The summed E-state index contributed by atoms with van der Waals surface area (Å²) in [5.41, 5.74) is 8.81. The van der Waals surface area contributed by atoms with Gasteiger partial charge in [-0.1, -0.05) is 12.5 Å². The average molecular weight is 385 g/mol. The molecule has 0 saturated carbocycles. The second-order valence-corrected chi connectivity index (χ2v) is 6.21. The summed E-state index contributed by atoms with van der Waals surface area (Å²) in [6, 6.07) is 7.58. The van der Waals surface area contributed by atoms with Gasteiger partial charge in [0.15, 0.2) is 10.0 Å². The van der Waals surface area contributed by atoms with E-state index >= 15 is 0 Å². The Bertz CT molecular complexity index is 606. The number of benzene rings is 1. The Morgan fingerprint density at radius 3 is 2.10 bits per heavy atom. The topological polar surface area (TPSA) is 87.0 Å². The van der Waals surface area contributed by atoms with Crippen LogP contribution in [0.25, 0.3) is 5.73 Å². The van der Waals surface area contributed by atoms with E-state index in [9.17, 15) is 13.2 Å². The van der Waals surface area contributed by atoms with Crippen LogP contribution in [0.1, 0.15) is 26.3 Å². The van der Waals surface area contributed by atoms with Gasteiger partial charge in [-0.05, 0) is 38.3 Å². The molecular formula is C14H20N2O3SY+. The van der Waals surface area contributed by atoms with Gasteiger partial charge in [0, 0.05) is 0 Å². The van der Waals surface area contributed by atoms with Crippen molar-refractivity contribution >= 4 is 15.9 Å². The van der Waals surface area contributed by atoms with Gasteiger partial charge in [-0.3, -0.25) is 0 Å². The first-order valence-electron chi connectivity index (χ1n) is 5.93. The Labute approximate surface area is 152 Å². The number of allylic oxidation sites excluding steroid dienone is 1. The molecule has 0 aliphatic heterocycles. The van der Waals surface area contributed by atoms with Crippen molar-refractivity contribution in [3.05, 3.63) is 46.7 Å². The Hall–Kier alpha value is -0.556. The minimum Gasteiger partial charge on any atom is -0.664 e. The van der Waals surface area contributed by atoms with E-state index in [1.54, 1.807) is 26.0 Å². The van der Waals surface area contributed by atoms with Crippen LogP contribution in [0.5, 0.6) is 0 Å². The molecule has 0 aliphatic rings. The summed E-state index contributed by atoms with van der Waals surface area (Å²) in [5, 5.41) is 0. The zero-order valence-electron chi connectivity index (χ0n) is 12.9. The molecule has 112 valence electrons. The molecule has 0 fully saturated rings. The van der Waals surface area contributed by atoms with Crippen LogP contribution in [-0.4, -0.2) is 21.4 Å². The van der Waals surface area contributed by atoms with Crippen molar-refractivity contribution in [2.24, 2.45) is 0 Å². The molecule has 2 N–H and O–H groups in total. The fourth-order valence-corrected chi connectivity index (χ4v) is 2.05. The fourth-order valence-electron chi connectivity index (χ4n) is 1.12. The van der Waals surface area contributed by atoms with Gasteiger partial charge in [0.1, 0.15) is 0 Å². The third-order valence-corrected chi connectivity index (χ3v) is 4.24. The zero-order valence-corrected chi connectivity index (χ0v) is 16.6. The van der Waals surface area contributed by atoms with Crippen LogP contribution in [0.2, 0.25) is 0 Å². The minimum absolute atomic E-state index is 0. The molecule has 0 aromatic heterocycles. The molecule has 0 atom stereocenters. The molecule has 0 unspecified atom stereocenters. The van der Waals surface area contributed by atoms with Crippen LogP contribution in [0.15, 0.2) is 34.2 Å². The van der Waals surface area contributed by atoms with Crippen LogP contribution in [0.3, 0.4) is 0 Å². The first-order chi connectivity index (χ1) is 9.13. The van der Waals surface area contributed by atoms with Gasteiger partial charge in [-0.2, -0.15) is 24.3 Å². The second kappa shape index (κ2) is 10.2. The summed E-state index contributed by atoms with van der Waals surface area (Å²) in [7, 11) is -1.92. The van der Waals surface area contributed by atoms with E-state index in [1.807, 2.05) is 13.8 Å². The molecule has 0 spiro atoms. The van der Waals surface area contributed by atoms with Crippen LogP contribution < -0.4 is 4.72 Å². The van der Waals surface area contributed by atoms with Crippen molar-refractivity contribution < 1.29 is 45.9 Å². The van der Waals surface area contributed by atoms with Crippen LogP contribution in [0.4, 0.5) is 0 Å². The zero-order chi connectivity index (χ0) is 15.9. The van der Waals surface area contributed by atoms with E-state index in [4.69, 9.17) is 5.73 Å². The number of carbonyl (C=O) groups is 1. The Balaban J connectivity index is 0. The Morgan fingerprint density at radius 2 is 1.81 bits per heavy atom. The molecule has 21 heavy (non-hydrogen) atoms. The summed E-state index contributed by atoms with van der Waals surface area (Å²) in [5.74, 6) is -0.579. The van der Waals surface area contributed by atoms with E-state index < -0.39 is 15.9 Å². The molecule has 1 amide bonds. The smallest absolute Gasteiger partial charge is 0.664 e. The van der Waals surface area contributed by atoms with Crippen molar-refractivity contribution in [2.45, 2.75) is 32.6 Å². The van der Waals surface area contributed by atoms with E-state index in [-0.39, 0.29) is 37.6 Å². The maximum atomic E-state index is 11.3. The Morgan fingerprint density at radius 1 is 1.29 bits per heavy atom. The first kappa shape index (κ1) is 22.7. The van der Waals surface area contributed by atoms with Gasteiger partial charge in [0.2, 0.25) is 0 Å². The standard InChI is InChI=1S/C8H10NO2S.C6H11NO.Y/c1-7-5-3-4-6-8(7)12(10,11)9-2;1-4(2)5(3)6(7)8;/h3,5-6,9H,1-2H3;1-3H3,(H2,7,8);/q-1;;+3/p-1. The number of carbonyl (C=O) groups excluding carboxylic acids is 1. The predicted octanol–water partition coefficient (Wildman–Crippen LogP) is 2.62. The van der Waals surface area contributed by atoms with Gasteiger partial charge >= 0.3 is 32.7 Å². The normalized spacial score (nSPS) is 9.76. The van der Waals surface area contributed by atoms with Crippen LogP contribution >= 0.6 is 0 Å². The van der Waals surface area contributed by atoms with E-state index in [0.717, 1.165) is 11.1 Å².